The van der Waals surface area contributed by atoms with Crippen LogP contribution < -0.4 is 10.5 Å². The van der Waals surface area contributed by atoms with Gasteiger partial charge in [0.25, 0.3) is 0 Å². The number of benzene rings is 1. The minimum Gasteiger partial charge on any atom is -0.496 e. The van der Waals surface area contributed by atoms with Gasteiger partial charge < -0.3 is 10.5 Å². The Kier molecular flexibility index (Phi) is 3.46. The first-order chi connectivity index (χ1) is 7.69. The summed E-state index contributed by atoms with van der Waals surface area (Å²) in [6.45, 7) is 5.16. The summed E-state index contributed by atoms with van der Waals surface area (Å²) in [4.78, 5) is 2.40. The standard InChI is InChI=1S/C13H20N2O/c1-10-3-4-11(7-13(10)16-2)8-15-6-5-12(14)9-15/h3-4,7,12H,5-6,8-9,14H2,1-2H3/t12-/m1/s1. The maximum absolute atomic E-state index is 5.89. The molecule has 0 spiro atoms. The van der Waals surface area contributed by atoms with E-state index in [0.29, 0.717) is 6.04 Å². The molecule has 1 heterocycles. The van der Waals surface area contributed by atoms with Crippen LogP contribution in [0.4, 0.5) is 0 Å². The SMILES string of the molecule is COc1cc(CN2CC[C@@H](N)C2)ccc1C. The van der Waals surface area contributed by atoms with E-state index in [4.69, 9.17) is 10.5 Å². The van der Waals surface area contributed by atoms with E-state index in [1.807, 2.05) is 0 Å². The van der Waals surface area contributed by atoms with Gasteiger partial charge >= 0.3 is 0 Å². The van der Waals surface area contributed by atoms with Crippen molar-refractivity contribution in [2.45, 2.75) is 25.9 Å². The number of rotatable bonds is 3. The molecule has 1 aliphatic rings. The van der Waals surface area contributed by atoms with Crippen LogP contribution in [0.2, 0.25) is 0 Å². The van der Waals surface area contributed by atoms with Crippen LogP contribution in [0.25, 0.3) is 0 Å². The molecule has 0 aliphatic carbocycles. The lowest BCUT2D eigenvalue weighted by Crippen LogP contribution is -2.26. The lowest BCUT2D eigenvalue weighted by Gasteiger charge is -2.16. The lowest BCUT2D eigenvalue weighted by atomic mass is 10.1. The topological polar surface area (TPSA) is 38.5 Å². The third-order valence-electron chi connectivity index (χ3n) is 3.19. The second-order valence-electron chi connectivity index (χ2n) is 4.59. The first-order valence-corrected chi connectivity index (χ1v) is 5.80. The van der Waals surface area contributed by atoms with Gasteiger partial charge in [-0.25, -0.2) is 0 Å². The Morgan fingerprint density at radius 1 is 1.50 bits per heavy atom. The summed E-state index contributed by atoms with van der Waals surface area (Å²) in [6.07, 6.45) is 1.11. The molecule has 0 amide bonds. The number of hydrogen-bond donors (Lipinski definition) is 1. The van der Waals surface area contributed by atoms with E-state index < -0.39 is 0 Å². The average Bonchev–Trinajstić information content (AvgIpc) is 2.67. The third kappa shape index (κ3) is 2.54. The van der Waals surface area contributed by atoms with Gasteiger partial charge in [0.1, 0.15) is 5.75 Å². The number of nitrogens with zero attached hydrogens (tertiary/aromatic N) is 1. The van der Waals surface area contributed by atoms with Gasteiger partial charge in [-0.15, -0.1) is 0 Å². The van der Waals surface area contributed by atoms with E-state index in [2.05, 4.69) is 30.0 Å². The summed E-state index contributed by atoms with van der Waals surface area (Å²) >= 11 is 0. The molecule has 1 aromatic carbocycles. The van der Waals surface area contributed by atoms with Crippen molar-refractivity contribution in [3.8, 4) is 5.75 Å². The van der Waals surface area contributed by atoms with E-state index in [-0.39, 0.29) is 0 Å². The summed E-state index contributed by atoms with van der Waals surface area (Å²) in [7, 11) is 1.72. The Bertz CT molecular complexity index is 365. The monoisotopic (exact) mass is 220 g/mol. The van der Waals surface area contributed by atoms with Gasteiger partial charge in [-0.2, -0.15) is 0 Å². The van der Waals surface area contributed by atoms with Crippen LogP contribution >= 0.6 is 0 Å². The highest BCUT2D eigenvalue weighted by Gasteiger charge is 2.18. The highest BCUT2D eigenvalue weighted by Crippen LogP contribution is 2.21. The second-order valence-corrected chi connectivity index (χ2v) is 4.59. The normalized spacial score (nSPS) is 21.3. The molecular weight excluding hydrogens is 200 g/mol. The van der Waals surface area contributed by atoms with E-state index in [9.17, 15) is 0 Å². The molecule has 2 N–H and O–H groups in total. The summed E-state index contributed by atoms with van der Waals surface area (Å²) in [5, 5.41) is 0. The fourth-order valence-electron chi connectivity index (χ4n) is 2.23. The summed E-state index contributed by atoms with van der Waals surface area (Å²) in [5.41, 5.74) is 8.38. The van der Waals surface area contributed by atoms with E-state index in [1.165, 1.54) is 11.1 Å². The van der Waals surface area contributed by atoms with Crippen LogP contribution in [0, 0.1) is 6.92 Å². The van der Waals surface area contributed by atoms with E-state index in [1.54, 1.807) is 7.11 Å². The predicted octanol–water partition coefficient (Wildman–Crippen LogP) is 1.54. The maximum atomic E-state index is 5.89. The zero-order valence-corrected chi connectivity index (χ0v) is 10.1. The molecule has 1 aromatic rings. The Hall–Kier alpha value is -1.06. The molecule has 1 atom stereocenters. The number of methoxy groups -OCH3 is 1. The average molecular weight is 220 g/mol. The first kappa shape index (κ1) is 11.4. The van der Waals surface area contributed by atoms with Gasteiger partial charge in [0.2, 0.25) is 0 Å². The van der Waals surface area contributed by atoms with Gasteiger partial charge in [0.05, 0.1) is 7.11 Å². The van der Waals surface area contributed by atoms with E-state index in [0.717, 1.165) is 31.8 Å². The summed E-state index contributed by atoms with van der Waals surface area (Å²) < 4.78 is 5.33. The van der Waals surface area contributed by atoms with Crippen LogP contribution in [-0.4, -0.2) is 31.1 Å². The van der Waals surface area contributed by atoms with Crippen LogP contribution in [0.1, 0.15) is 17.5 Å². The number of likely N-dealkylation sites (tertiary alicyclic amines) is 1. The highest BCUT2D eigenvalue weighted by molar-refractivity contribution is 5.36. The van der Waals surface area contributed by atoms with Gasteiger partial charge in [0.15, 0.2) is 0 Å². The van der Waals surface area contributed by atoms with Crippen LogP contribution in [0.3, 0.4) is 0 Å². The fraction of sp³-hybridized carbons (Fsp3) is 0.538. The predicted molar refractivity (Wildman–Crippen MR) is 65.6 cm³/mol. The summed E-state index contributed by atoms with van der Waals surface area (Å²) in [5.74, 6) is 0.973. The Morgan fingerprint density at radius 3 is 2.94 bits per heavy atom. The molecule has 0 saturated carbocycles. The fourth-order valence-corrected chi connectivity index (χ4v) is 2.23. The second kappa shape index (κ2) is 4.85. The molecule has 1 aliphatic heterocycles. The van der Waals surface area contributed by atoms with Gasteiger partial charge in [-0.3, -0.25) is 4.90 Å². The zero-order valence-electron chi connectivity index (χ0n) is 10.1. The van der Waals surface area contributed by atoms with Crippen molar-refractivity contribution in [1.29, 1.82) is 0 Å². The van der Waals surface area contributed by atoms with E-state index >= 15 is 0 Å². The van der Waals surface area contributed by atoms with Crippen LogP contribution in [0.5, 0.6) is 5.75 Å². The molecule has 2 rings (SSSR count). The molecule has 88 valence electrons. The Labute approximate surface area is 97.2 Å². The largest absolute Gasteiger partial charge is 0.496 e. The van der Waals surface area contributed by atoms with Gasteiger partial charge in [-0.05, 0) is 30.5 Å². The third-order valence-corrected chi connectivity index (χ3v) is 3.19. The molecule has 0 bridgehead atoms. The molecule has 1 saturated heterocycles. The number of ether oxygens (including phenoxy) is 1. The number of aryl methyl sites for hydroxylation is 1. The van der Waals surface area contributed by atoms with Gasteiger partial charge in [-0.1, -0.05) is 12.1 Å². The van der Waals surface area contributed by atoms with Crippen molar-refractivity contribution in [3.63, 3.8) is 0 Å². The summed E-state index contributed by atoms with van der Waals surface area (Å²) in [6, 6.07) is 6.76. The molecule has 1 fully saturated rings. The molecule has 0 radical (unpaired) electrons. The highest BCUT2D eigenvalue weighted by atomic mass is 16.5. The molecule has 0 aromatic heterocycles. The van der Waals surface area contributed by atoms with Crippen LogP contribution in [-0.2, 0) is 6.54 Å². The quantitative estimate of drug-likeness (QED) is 0.839. The molecule has 16 heavy (non-hydrogen) atoms. The first-order valence-electron chi connectivity index (χ1n) is 5.80. The van der Waals surface area contributed by atoms with Crippen LogP contribution in [0.15, 0.2) is 18.2 Å². The van der Waals surface area contributed by atoms with Crippen molar-refractivity contribution in [3.05, 3.63) is 29.3 Å². The van der Waals surface area contributed by atoms with Crippen molar-refractivity contribution < 1.29 is 4.74 Å². The minimum absolute atomic E-state index is 0.354. The minimum atomic E-state index is 0.354. The molecular formula is C13H20N2O. The van der Waals surface area contributed by atoms with Crippen molar-refractivity contribution in [1.82, 2.24) is 4.90 Å². The maximum Gasteiger partial charge on any atom is 0.122 e. The molecule has 0 unspecified atom stereocenters. The number of nitrogens with two attached hydrogens (primary N) is 1. The zero-order chi connectivity index (χ0) is 11.5. The molecule has 3 heteroatoms. The van der Waals surface area contributed by atoms with Crippen molar-refractivity contribution in [2.75, 3.05) is 20.2 Å². The lowest BCUT2D eigenvalue weighted by molar-refractivity contribution is 0.326. The smallest absolute Gasteiger partial charge is 0.122 e. The molecule has 3 nitrogen and oxygen atoms in total. The Balaban J connectivity index is 2.04. The Morgan fingerprint density at radius 2 is 2.31 bits per heavy atom. The van der Waals surface area contributed by atoms with Crippen molar-refractivity contribution in [2.24, 2.45) is 5.73 Å². The van der Waals surface area contributed by atoms with Gasteiger partial charge in [0, 0.05) is 25.7 Å². The number of hydrogen-bond acceptors (Lipinski definition) is 3. The van der Waals surface area contributed by atoms with Crippen molar-refractivity contribution >= 4 is 0 Å².